The highest BCUT2D eigenvalue weighted by molar-refractivity contribution is 5.95. The topological polar surface area (TPSA) is 67.4 Å². The van der Waals surface area contributed by atoms with Crippen LogP contribution in [0, 0.1) is 0 Å². The number of benzene rings is 2. The first-order chi connectivity index (χ1) is 12.0. The Hall–Kier alpha value is -2.82. The van der Waals surface area contributed by atoms with Crippen LogP contribution in [0.4, 0.5) is 11.4 Å². The molecule has 0 aliphatic carbocycles. The number of anilines is 2. The van der Waals surface area contributed by atoms with E-state index in [1.54, 1.807) is 0 Å². The van der Waals surface area contributed by atoms with Gasteiger partial charge in [0.1, 0.15) is 5.75 Å². The van der Waals surface area contributed by atoms with Crippen molar-refractivity contribution in [3.8, 4) is 5.75 Å². The summed E-state index contributed by atoms with van der Waals surface area (Å²) in [6.07, 6.45) is 0.971. The van der Waals surface area contributed by atoms with Gasteiger partial charge in [0.25, 0.3) is 5.91 Å². The molecular formula is C20H22N2O3. The molecule has 1 aliphatic heterocycles. The number of carbonyl (C=O) groups excluding carboxylic acids is 2. The zero-order valence-corrected chi connectivity index (χ0v) is 14.5. The molecule has 0 spiro atoms. The van der Waals surface area contributed by atoms with E-state index in [1.165, 1.54) is 0 Å². The number of hydrogen-bond acceptors (Lipinski definition) is 3. The first-order valence-electron chi connectivity index (χ1n) is 8.47. The van der Waals surface area contributed by atoms with Crippen molar-refractivity contribution in [1.82, 2.24) is 0 Å². The predicted octanol–water partition coefficient (Wildman–Crippen LogP) is 3.71. The number of rotatable bonds is 5. The number of hydrogen-bond donors (Lipinski definition) is 2. The molecule has 0 saturated carbocycles. The summed E-state index contributed by atoms with van der Waals surface area (Å²) < 4.78 is 5.34. The second kappa shape index (κ2) is 7.38. The van der Waals surface area contributed by atoms with Crippen molar-refractivity contribution in [2.24, 2.45) is 0 Å². The molecule has 2 aromatic rings. The fourth-order valence-electron chi connectivity index (χ4n) is 2.87. The molecule has 130 valence electrons. The van der Waals surface area contributed by atoms with Crippen molar-refractivity contribution in [1.29, 1.82) is 0 Å². The SMILES string of the molecule is CC(C)c1ccccc1NC(=O)CCc1ccc2c(c1)NC(=O)CO2. The number of para-hydroxylation sites is 1. The average molecular weight is 338 g/mol. The van der Waals surface area contributed by atoms with E-state index >= 15 is 0 Å². The number of nitrogens with one attached hydrogen (secondary N) is 2. The molecule has 2 amide bonds. The first-order valence-corrected chi connectivity index (χ1v) is 8.47. The standard InChI is InChI=1S/C20H22N2O3/c1-13(2)15-5-3-4-6-16(15)21-19(23)10-8-14-7-9-18-17(11-14)22-20(24)12-25-18/h3-7,9,11,13H,8,10,12H2,1-2H3,(H,21,23)(H,22,24). The van der Waals surface area contributed by atoms with Crippen LogP contribution in [0.25, 0.3) is 0 Å². The van der Waals surface area contributed by atoms with Crippen LogP contribution in [-0.2, 0) is 16.0 Å². The summed E-state index contributed by atoms with van der Waals surface area (Å²) in [5.41, 5.74) is 3.65. The van der Waals surface area contributed by atoms with Crippen molar-refractivity contribution in [3.05, 3.63) is 53.6 Å². The van der Waals surface area contributed by atoms with E-state index in [0.29, 0.717) is 30.2 Å². The summed E-state index contributed by atoms with van der Waals surface area (Å²) in [6.45, 7) is 4.26. The van der Waals surface area contributed by atoms with Crippen LogP contribution in [-0.4, -0.2) is 18.4 Å². The minimum absolute atomic E-state index is 0.0221. The Morgan fingerprint density at radius 3 is 2.84 bits per heavy atom. The molecule has 5 heteroatoms. The van der Waals surface area contributed by atoms with E-state index in [0.717, 1.165) is 16.8 Å². The zero-order valence-electron chi connectivity index (χ0n) is 14.5. The van der Waals surface area contributed by atoms with Gasteiger partial charge in [-0.25, -0.2) is 0 Å². The lowest BCUT2D eigenvalue weighted by Crippen LogP contribution is -2.25. The molecular weight excluding hydrogens is 316 g/mol. The molecule has 0 aromatic heterocycles. The summed E-state index contributed by atoms with van der Waals surface area (Å²) in [5.74, 6) is 0.832. The largest absolute Gasteiger partial charge is 0.482 e. The number of amides is 2. The smallest absolute Gasteiger partial charge is 0.262 e. The fourth-order valence-corrected chi connectivity index (χ4v) is 2.87. The summed E-state index contributed by atoms with van der Waals surface area (Å²) in [7, 11) is 0. The average Bonchev–Trinajstić information content (AvgIpc) is 2.60. The van der Waals surface area contributed by atoms with Gasteiger partial charge in [-0.3, -0.25) is 9.59 Å². The monoisotopic (exact) mass is 338 g/mol. The molecule has 0 atom stereocenters. The molecule has 0 radical (unpaired) electrons. The van der Waals surface area contributed by atoms with E-state index in [4.69, 9.17) is 4.74 Å². The van der Waals surface area contributed by atoms with Crippen LogP contribution >= 0.6 is 0 Å². The minimum atomic E-state index is -0.160. The Morgan fingerprint density at radius 1 is 1.24 bits per heavy atom. The molecule has 2 N–H and O–H groups in total. The summed E-state index contributed by atoms with van der Waals surface area (Å²) in [6, 6.07) is 13.5. The Kier molecular flexibility index (Phi) is 5.03. The predicted molar refractivity (Wildman–Crippen MR) is 98.0 cm³/mol. The maximum absolute atomic E-state index is 12.3. The molecule has 5 nitrogen and oxygen atoms in total. The van der Waals surface area contributed by atoms with Gasteiger partial charge in [0.15, 0.2) is 6.61 Å². The van der Waals surface area contributed by atoms with Crippen molar-refractivity contribution < 1.29 is 14.3 Å². The van der Waals surface area contributed by atoms with Gasteiger partial charge in [0.05, 0.1) is 5.69 Å². The lowest BCUT2D eigenvalue weighted by atomic mass is 10.0. The molecule has 0 unspecified atom stereocenters. The quantitative estimate of drug-likeness (QED) is 0.873. The Morgan fingerprint density at radius 2 is 2.04 bits per heavy atom. The van der Waals surface area contributed by atoms with Gasteiger partial charge in [-0.15, -0.1) is 0 Å². The van der Waals surface area contributed by atoms with Crippen molar-refractivity contribution in [2.45, 2.75) is 32.6 Å². The van der Waals surface area contributed by atoms with Crippen LogP contribution in [0.5, 0.6) is 5.75 Å². The van der Waals surface area contributed by atoms with Gasteiger partial charge in [-0.05, 0) is 41.7 Å². The lowest BCUT2D eigenvalue weighted by Gasteiger charge is -2.18. The van der Waals surface area contributed by atoms with Gasteiger partial charge >= 0.3 is 0 Å². The lowest BCUT2D eigenvalue weighted by molar-refractivity contribution is -0.118. The fraction of sp³-hybridized carbons (Fsp3) is 0.300. The first kappa shape index (κ1) is 17.0. The van der Waals surface area contributed by atoms with E-state index in [-0.39, 0.29) is 18.4 Å². The van der Waals surface area contributed by atoms with Crippen LogP contribution in [0.15, 0.2) is 42.5 Å². The van der Waals surface area contributed by atoms with Crippen molar-refractivity contribution >= 4 is 23.2 Å². The van der Waals surface area contributed by atoms with E-state index < -0.39 is 0 Å². The highest BCUT2D eigenvalue weighted by Gasteiger charge is 2.16. The van der Waals surface area contributed by atoms with Crippen LogP contribution in [0.3, 0.4) is 0 Å². The van der Waals surface area contributed by atoms with Crippen LogP contribution < -0.4 is 15.4 Å². The van der Waals surface area contributed by atoms with E-state index in [1.807, 2.05) is 42.5 Å². The molecule has 3 rings (SSSR count). The third-order valence-electron chi connectivity index (χ3n) is 4.17. The van der Waals surface area contributed by atoms with Gasteiger partial charge in [0.2, 0.25) is 5.91 Å². The molecule has 0 bridgehead atoms. The number of carbonyl (C=O) groups is 2. The molecule has 0 saturated heterocycles. The second-order valence-corrected chi connectivity index (χ2v) is 6.46. The molecule has 2 aromatic carbocycles. The summed E-state index contributed by atoms with van der Waals surface area (Å²) in [5, 5.41) is 5.78. The highest BCUT2D eigenvalue weighted by Crippen LogP contribution is 2.29. The van der Waals surface area contributed by atoms with Crippen LogP contribution in [0.2, 0.25) is 0 Å². The third kappa shape index (κ3) is 4.18. The van der Waals surface area contributed by atoms with Gasteiger partial charge in [-0.1, -0.05) is 38.1 Å². The van der Waals surface area contributed by atoms with Gasteiger partial charge in [0, 0.05) is 12.1 Å². The minimum Gasteiger partial charge on any atom is -0.482 e. The Bertz CT molecular complexity index is 799. The summed E-state index contributed by atoms with van der Waals surface area (Å²) >= 11 is 0. The summed E-state index contributed by atoms with van der Waals surface area (Å²) in [4.78, 5) is 23.7. The van der Waals surface area contributed by atoms with Crippen molar-refractivity contribution in [3.63, 3.8) is 0 Å². The van der Waals surface area contributed by atoms with Crippen LogP contribution in [0.1, 0.15) is 37.3 Å². The Labute approximate surface area is 147 Å². The number of ether oxygens (including phenoxy) is 1. The van der Waals surface area contributed by atoms with Gasteiger partial charge < -0.3 is 15.4 Å². The molecule has 25 heavy (non-hydrogen) atoms. The molecule has 0 fully saturated rings. The highest BCUT2D eigenvalue weighted by atomic mass is 16.5. The normalized spacial score (nSPS) is 13.0. The maximum Gasteiger partial charge on any atom is 0.262 e. The molecule has 1 aliphatic rings. The second-order valence-electron chi connectivity index (χ2n) is 6.46. The number of fused-ring (bicyclic) bond motifs is 1. The Balaban J connectivity index is 1.62. The van der Waals surface area contributed by atoms with E-state index in [9.17, 15) is 9.59 Å². The third-order valence-corrected chi connectivity index (χ3v) is 4.17. The van der Waals surface area contributed by atoms with Gasteiger partial charge in [-0.2, -0.15) is 0 Å². The van der Waals surface area contributed by atoms with Crippen molar-refractivity contribution in [2.75, 3.05) is 17.2 Å². The molecule has 1 heterocycles. The zero-order chi connectivity index (χ0) is 17.8. The number of aryl methyl sites for hydroxylation is 1. The maximum atomic E-state index is 12.3. The van der Waals surface area contributed by atoms with E-state index in [2.05, 4.69) is 24.5 Å².